The monoisotopic (exact) mass is 258 g/mol. The van der Waals surface area contributed by atoms with Gasteiger partial charge in [0.1, 0.15) is 5.82 Å². The minimum atomic E-state index is -0.235. The van der Waals surface area contributed by atoms with E-state index in [-0.39, 0.29) is 5.82 Å². The van der Waals surface area contributed by atoms with Gasteiger partial charge in [-0.05, 0) is 19.2 Å². The molecule has 1 rings (SSSR count). The molecule has 0 saturated heterocycles. The first kappa shape index (κ1) is 14.4. The van der Waals surface area contributed by atoms with Crippen LogP contribution in [0.5, 0.6) is 0 Å². The van der Waals surface area contributed by atoms with E-state index in [1.54, 1.807) is 12.1 Å². The van der Waals surface area contributed by atoms with Crippen LogP contribution < -0.4 is 5.32 Å². The number of hydrogen-bond acceptors (Lipinski definition) is 2. The summed E-state index contributed by atoms with van der Waals surface area (Å²) in [5, 5.41) is 3.77. The Balaban J connectivity index is 2.42. The van der Waals surface area contributed by atoms with Crippen LogP contribution in [0.3, 0.4) is 0 Å². The normalized spacial score (nSPS) is 11.5. The van der Waals surface area contributed by atoms with Crippen LogP contribution in [0, 0.1) is 5.82 Å². The Morgan fingerprint density at radius 2 is 2.12 bits per heavy atom. The van der Waals surface area contributed by atoms with Gasteiger partial charge in [-0.15, -0.1) is 0 Å². The van der Waals surface area contributed by atoms with Gasteiger partial charge in [0.25, 0.3) is 0 Å². The zero-order valence-corrected chi connectivity index (χ0v) is 11.4. The van der Waals surface area contributed by atoms with Crippen molar-refractivity contribution in [1.29, 1.82) is 0 Å². The van der Waals surface area contributed by atoms with E-state index in [1.807, 2.05) is 7.05 Å². The second kappa shape index (κ2) is 6.94. The molecule has 0 unspecified atom stereocenters. The highest BCUT2D eigenvalue weighted by molar-refractivity contribution is 6.30. The molecule has 0 saturated carbocycles. The Labute approximate surface area is 108 Å². The molecule has 0 heterocycles. The largest absolute Gasteiger partial charge is 0.313 e. The standard InChI is InChI=1S/C13H20ClFN2/c1-10(2)16-6-7-17(3)9-11-4-5-12(14)8-13(11)15/h4-5,8,10,16H,6-7,9H2,1-3H3. The SMILES string of the molecule is CC(C)NCCN(C)Cc1ccc(Cl)cc1F. The van der Waals surface area contributed by atoms with Crippen molar-refractivity contribution < 1.29 is 4.39 Å². The molecule has 1 aromatic rings. The third-order valence-electron chi connectivity index (χ3n) is 2.50. The summed E-state index contributed by atoms with van der Waals surface area (Å²) in [5.41, 5.74) is 0.682. The van der Waals surface area contributed by atoms with Crippen LogP contribution >= 0.6 is 11.6 Å². The van der Waals surface area contributed by atoms with E-state index in [0.717, 1.165) is 13.1 Å². The van der Waals surface area contributed by atoms with E-state index in [4.69, 9.17) is 11.6 Å². The lowest BCUT2D eigenvalue weighted by Gasteiger charge is -2.18. The number of hydrogen-bond donors (Lipinski definition) is 1. The fourth-order valence-electron chi connectivity index (χ4n) is 1.56. The van der Waals surface area contributed by atoms with Crippen molar-refractivity contribution in [3.05, 3.63) is 34.6 Å². The molecule has 0 aliphatic heterocycles. The van der Waals surface area contributed by atoms with Crippen molar-refractivity contribution in [3.8, 4) is 0 Å². The maximum Gasteiger partial charge on any atom is 0.129 e. The molecule has 0 aromatic heterocycles. The Morgan fingerprint density at radius 1 is 1.41 bits per heavy atom. The maximum atomic E-state index is 13.5. The third kappa shape index (κ3) is 5.48. The van der Waals surface area contributed by atoms with E-state index in [1.165, 1.54) is 6.07 Å². The lowest BCUT2D eigenvalue weighted by atomic mass is 10.2. The molecule has 1 aromatic carbocycles. The topological polar surface area (TPSA) is 15.3 Å². The van der Waals surface area contributed by atoms with Gasteiger partial charge in [0.05, 0.1) is 0 Å². The first-order chi connectivity index (χ1) is 7.99. The number of rotatable bonds is 6. The first-order valence-corrected chi connectivity index (χ1v) is 6.22. The van der Waals surface area contributed by atoms with Crippen molar-refractivity contribution in [2.24, 2.45) is 0 Å². The molecular formula is C13H20ClFN2. The van der Waals surface area contributed by atoms with Crippen LogP contribution in [0.15, 0.2) is 18.2 Å². The van der Waals surface area contributed by atoms with E-state index in [2.05, 4.69) is 24.1 Å². The zero-order valence-electron chi connectivity index (χ0n) is 10.6. The summed E-state index contributed by atoms with van der Waals surface area (Å²) >= 11 is 5.71. The summed E-state index contributed by atoms with van der Waals surface area (Å²) in [7, 11) is 1.98. The zero-order chi connectivity index (χ0) is 12.8. The van der Waals surface area contributed by atoms with Gasteiger partial charge in [-0.1, -0.05) is 31.5 Å². The van der Waals surface area contributed by atoms with Gasteiger partial charge in [-0.25, -0.2) is 4.39 Å². The average Bonchev–Trinajstić information content (AvgIpc) is 2.21. The molecule has 0 radical (unpaired) electrons. The number of halogens is 2. The highest BCUT2D eigenvalue weighted by atomic mass is 35.5. The van der Waals surface area contributed by atoms with Crippen molar-refractivity contribution in [3.63, 3.8) is 0 Å². The quantitative estimate of drug-likeness (QED) is 0.844. The highest BCUT2D eigenvalue weighted by Crippen LogP contribution is 2.15. The fourth-order valence-corrected chi connectivity index (χ4v) is 1.72. The predicted molar refractivity (Wildman–Crippen MR) is 70.9 cm³/mol. The Bertz CT molecular complexity index is 355. The lowest BCUT2D eigenvalue weighted by molar-refractivity contribution is 0.315. The van der Waals surface area contributed by atoms with E-state index < -0.39 is 0 Å². The molecule has 0 fully saturated rings. The van der Waals surface area contributed by atoms with Crippen LogP contribution in [-0.2, 0) is 6.54 Å². The number of nitrogens with zero attached hydrogens (tertiary/aromatic N) is 1. The van der Waals surface area contributed by atoms with Crippen molar-refractivity contribution in [1.82, 2.24) is 10.2 Å². The van der Waals surface area contributed by atoms with Crippen LogP contribution in [0.4, 0.5) is 4.39 Å². The van der Waals surface area contributed by atoms with E-state index >= 15 is 0 Å². The fraction of sp³-hybridized carbons (Fsp3) is 0.538. The van der Waals surface area contributed by atoms with Gasteiger partial charge in [-0.2, -0.15) is 0 Å². The molecule has 96 valence electrons. The number of benzene rings is 1. The average molecular weight is 259 g/mol. The summed E-state index contributed by atoms with van der Waals surface area (Å²) in [6.45, 7) is 6.62. The molecule has 0 aliphatic rings. The molecule has 0 aliphatic carbocycles. The summed E-state index contributed by atoms with van der Waals surface area (Å²) in [5.74, 6) is -0.235. The van der Waals surface area contributed by atoms with Crippen LogP contribution in [0.1, 0.15) is 19.4 Å². The van der Waals surface area contributed by atoms with Crippen molar-refractivity contribution in [2.75, 3.05) is 20.1 Å². The van der Waals surface area contributed by atoms with Crippen LogP contribution in [0.25, 0.3) is 0 Å². The van der Waals surface area contributed by atoms with Gasteiger partial charge in [0.15, 0.2) is 0 Å². The van der Waals surface area contributed by atoms with E-state index in [0.29, 0.717) is 23.2 Å². The first-order valence-electron chi connectivity index (χ1n) is 5.85. The molecule has 2 nitrogen and oxygen atoms in total. The summed E-state index contributed by atoms with van der Waals surface area (Å²) in [6, 6.07) is 5.30. The molecular weight excluding hydrogens is 239 g/mol. The minimum Gasteiger partial charge on any atom is -0.313 e. The highest BCUT2D eigenvalue weighted by Gasteiger charge is 2.06. The molecule has 17 heavy (non-hydrogen) atoms. The predicted octanol–water partition coefficient (Wildman–Crippen LogP) is 2.91. The van der Waals surface area contributed by atoms with Gasteiger partial charge in [0, 0.05) is 36.3 Å². The second-order valence-electron chi connectivity index (χ2n) is 4.58. The Morgan fingerprint density at radius 3 is 2.71 bits per heavy atom. The minimum absolute atomic E-state index is 0.235. The van der Waals surface area contributed by atoms with Gasteiger partial charge < -0.3 is 10.2 Å². The summed E-state index contributed by atoms with van der Waals surface area (Å²) < 4.78 is 13.5. The third-order valence-corrected chi connectivity index (χ3v) is 2.74. The van der Waals surface area contributed by atoms with Gasteiger partial charge >= 0.3 is 0 Å². The smallest absolute Gasteiger partial charge is 0.129 e. The van der Waals surface area contributed by atoms with E-state index in [9.17, 15) is 4.39 Å². The van der Waals surface area contributed by atoms with Crippen molar-refractivity contribution in [2.45, 2.75) is 26.4 Å². The number of nitrogens with one attached hydrogen (secondary N) is 1. The Hall–Kier alpha value is -0.640. The Kier molecular flexibility index (Phi) is 5.89. The molecule has 1 N–H and O–H groups in total. The van der Waals surface area contributed by atoms with Gasteiger partial charge in [-0.3, -0.25) is 0 Å². The molecule has 0 amide bonds. The number of likely N-dealkylation sites (N-methyl/N-ethyl adjacent to an activating group) is 1. The molecule has 0 bridgehead atoms. The summed E-state index contributed by atoms with van der Waals surface area (Å²) in [4.78, 5) is 2.09. The molecule has 0 atom stereocenters. The molecule has 4 heteroatoms. The van der Waals surface area contributed by atoms with Gasteiger partial charge in [0.2, 0.25) is 0 Å². The maximum absolute atomic E-state index is 13.5. The lowest BCUT2D eigenvalue weighted by Crippen LogP contribution is -2.32. The van der Waals surface area contributed by atoms with Crippen molar-refractivity contribution >= 4 is 11.6 Å². The van der Waals surface area contributed by atoms with Crippen LogP contribution in [0.2, 0.25) is 5.02 Å². The molecule has 0 spiro atoms. The summed E-state index contributed by atoms with van der Waals surface area (Å²) in [6.07, 6.45) is 0. The van der Waals surface area contributed by atoms with Crippen LogP contribution in [-0.4, -0.2) is 31.1 Å². The second-order valence-corrected chi connectivity index (χ2v) is 5.02.